The molecule has 2 aromatic rings. The molecule has 4 aliphatic heterocycles. The first-order valence-corrected chi connectivity index (χ1v) is 26.7. The lowest BCUT2D eigenvalue weighted by molar-refractivity contribution is -0.175. The van der Waals surface area contributed by atoms with Crippen molar-refractivity contribution in [2.75, 3.05) is 66.0 Å². The van der Waals surface area contributed by atoms with Gasteiger partial charge >= 0.3 is 0 Å². The molecule has 382 valence electrons. The number of carbonyl (C=O) groups excluding carboxylic acids is 2. The number of amides is 2. The number of benzene rings is 2. The molecule has 5 atom stereocenters. The lowest BCUT2D eigenvalue weighted by atomic mass is 9.49. The highest BCUT2D eigenvalue weighted by molar-refractivity contribution is 5.91. The number of aryl methyl sites for hydroxylation is 1. The van der Waals surface area contributed by atoms with Crippen molar-refractivity contribution in [1.29, 1.82) is 5.26 Å². The average molecular weight is 961 g/mol. The Morgan fingerprint density at radius 3 is 2.44 bits per heavy atom. The minimum atomic E-state index is -1.000. The van der Waals surface area contributed by atoms with Crippen molar-refractivity contribution >= 4 is 17.4 Å². The SMILES string of the molecule is CCC/C=C(/CC)N1CC(C(=O)NC2C(C)(C)C(Oc3ccc(C#N)c(C)c3)C2(C)C)CNC1N1CCN(CCCC(COc2ccc(C(C)(C)O)cc2C2=CN(C)C(=O)C3NCCC23)C2CC2)CC1. The maximum absolute atomic E-state index is 14.3. The summed E-state index contributed by atoms with van der Waals surface area (Å²) in [5.74, 6) is 2.85. The summed E-state index contributed by atoms with van der Waals surface area (Å²) in [5.41, 5.74) is 4.19. The molecule has 8 rings (SSSR count). The van der Waals surface area contributed by atoms with E-state index in [1.54, 1.807) is 4.90 Å². The van der Waals surface area contributed by atoms with Gasteiger partial charge in [-0.3, -0.25) is 19.8 Å². The fourth-order valence-electron chi connectivity index (χ4n) is 12.8. The summed E-state index contributed by atoms with van der Waals surface area (Å²) in [6.07, 6.45) is 13.0. The average Bonchev–Trinajstić information content (AvgIpc) is 4.06. The first-order valence-electron chi connectivity index (χ1n) is 26.7. The smallest absolute Gasteiger partial charge is 0.244 e. The van der Waals surface area contributed by atoms with Crippen molar-refractivity contribution in [1.82, 2.24) is 35.6 Å². The van der Waals surface area contributed by atoms with Gasteiger partial charge in [0, 0.05) is 86.6 Å². The van der Waals surface area contributed by atoms with Gasteiger partial charge in [-0.2, -0.15) is 5.26 Å². The summed E-state index contributed by atoms with van der Waals surface area (Å²) in [4.78, 5) is 36.8. The van der Waals surface area contributed by atoms with Crippen LogP contribution in [0.5, 0.6) is 11.5 Å². The molecule has 2 amide bonds. The normalized spacial score (nSPS) is 27.5. The van der Waals surface area contributed by atoms with Crippen molar-refractivity contribution < 1.29 is 24.2 Å². The fourth-order valence-corrected chi connectivity index (χ4v) is 12.8. The topological polar surface area (TPSA) is 146 Å². The first kappa shape index (κ1) is 51.9. The number of carbonyl (C=O) groups is 2. The number of fused-ring (bicyclic) bond motifs is 1. The number of rotatable bonds is 19. The van der Waals surface area contributed by atoms with Crippen LogP contribution in [-0.2, 0) is 15.2 Å². The monoisotopic (exact) mass is 961 g/mol. The molecule has 5 unspecified atom stereocenters. The largest absolute Gasteiger partial charge is 0.493 e. The van der Waals surface area contributed by atoms with Crippen LogP contribution in [0.1, 0.15) is 129 Å². The van der Waals surface area contributed by atoms with Crippen LogP contribution in [-0.4, -0.2) is 127 Å². The minimum absolute atomic E-state index is 0.0411. The summed E-state index contributed by atoms with van der Waals surface area (Å²) in [6.45, 7) is 26.6. The van der Waals surface area contributed by atoms with Crippen LogP contribution in [0.4, 0.5) is 0 Å². The second kappa shape index (κ2) is 21.3. The van der Waals surface area contributed by atoms with Crippen LogP contribution in [0.3, 0.4) is 0 Å². The molecule has 70 heavy (non-hydrogen) atoms. The number of ether oxygens (including phenoxy) is 2. The molecule has 2 aliphatic carbocycles. The second-order valence-electron chi connectivity index (χ2n) is 23.2. The number of hydrogen-bond donors (Lipinski definition) is 4. The van der Waals surface area contributed by atoms with Crippen LogP contribution in [0.25, 0.3) is 5.57 Å². The molecule has 0 aromatic heterocycles. The van der Waals surface area contributed by atoms with E-state index in [0.717, 1.165) is 112 Å². The van der Waals surface area contributed by atoms with Gasteiger partial charge in [0.15, 0.2) is 0 Å². The summed E-state index contributed by atoms with van der Waals surface area (Å²) >= 11 is 0. The molecule has 2 saturated carbocycles. The standard InChI is InChI=1S/C57H84N8O5/c1-11-13-16-43(12-2)65-34-41(50(66)61-52-55(4,5)53(56(52,6)7)70-44-21-19-39(32-58)37(3)30-44)33-60-54(65)64-28-26-63(27-29-64)25-14-15-40(38-17-18-38)36-69-48-22-20-42(57(8,9)68)31-46(48)47-35-62(10)51(67)49-45(47)23-24-59-49/h16,19-22,30-31,35,38,40-41,45,49,52-54,59-60,68H,11-15,17-18,23-29,33-34,36H2,1-10H3,(H,61,66)/b43-16-. The molecule has 13 heteroatoms. The summed E-state index contributed by atoms with van der Waals surface area (Å²) < 4.78 is 13.4. The highest BCUT2D eigenvalue weighted by Gasteiger charge is 2.64. The van der Waals surface area contributed by atoms with E-state index in [-0.39, 0.29) is 59.0 Å². The molecule has 2 aromatic carbocycles. The number of piperazine rings is 1. The Morgan fingerprint density at radius 1 is 1.04 bits per heavy atom. The van der Waals surface area contributed by atoms with Crippen molar-refractivity contribution in [2.24, 2.45) is 34.5 Å². The van der Waals surface area contributed by atoms with E-state index in [1.807, 2.05) is 64.4 Å². The predicted molar refractivity (Wildman–Crippen MR) is 276 cm³/mol. The molecule has 0 spiro atoms. The maximum Gasteiger partial charge on any atom is 0.244 e. The molecule has 0 bridgehead atoms. The van der Waals surface area contributed by atoms with Gasteiger partial charge < -0.3 is 39.9 Å². The zero-order chi connectivity index (χ0) is 50.1. The fraction of sp³-hybridized carbons (Fsp3) is 0.667. The molecular formula is C57H84N8O5. The number of nitriles is 1. The quantitative estimate of drug-likeness (QED) is 0.111. The van der Waals surface area contributed by atoms with Gasteiger partial charge in [-0.1, -0.05) is 60.1 Å². The number of hydrogen-bond acceptors (Lipinski definition) is 11. The summed E-state index contributed by atoms with van der Waals surface area (Å²) in [5, 5.41) is 31.3. The third-order valence-electron chi connectivity index (χ3n) is 16.8. The number of likely N-dealkylation sites (N-methyl/N-ethyl adjacent to an activating group) is 1. The van der Waals surface area contributed by atoms with Gasteiger partial charge in [0.1, 0.15) is 23.9 Å². The summed E-state index contributed by atoms with van der Waals surface area (Å²) in [6, 6.07) is 13.7. The van der Waals surface area contributed by atoms with Gasteiger partial charge in [0.25, 0.3) is 0 Å². The first-order chi connectivity index (χ1) is 33.3. The van der Waals surface area contributed by atoms with E-state index in [0.29, 0.717) is 37.1 Å². The van der Waals surface area contributed by atoms with Gasteiger partial charge in [0.05, 0.1) is 35.8 Å². The van der Waals surface area contributed by atoms with Crippen LogP contribution >= 0.6 is 0 Å². The van der Waals surface area contributed by atoms with E-state index in [4.69, 9.17) is 9.47 Å². The Labute approximate surface area is 419 Å². The molecule has 0 radical (unpaired) electrons. The number of allylic oxidation sites excluding steroid dienone is 2. The van der Waals surface area contributed by atoms with Crippen molar-refractivity contribution in [3.05, 3.63) is 76.6 Å². The number of nitrogens with zero attached hydrogens (tertiary/aromatic N) is 5. The molecular weight excluding hydrogens is 877 g/mol. The third kappa shape index (κ3) is 11.0. The van der Waals surface area contributed by atoms with Crippen LogP contribution in [0.15, 0.2) is 54.4 Å². The molecule has 6 aliphatic rings. The van der Waals surface area contributed by atoms with Gasteiger partial charge in [-0.05, 0) is 138 Å². The molecule has 5 fully saturated rings. The Kier molecular flexibility index (Phi) is 15.8. The molecule has 4 heterocycles. The molecule has 13 nitrogen and oxygen atoms in total. The Bertz CT molecular complexity index is 2280. The van der Waals surface area contributed by atoms with Gasteiger partial charge in [-0.15, -0.1) is 0 Å². The van der Waals surface area contributed by atoms with Crippen molar-refractivity contribution in [3.63, 3.8) is 0 Å². The van der Waals surface area contributed by atoms with E-state index in [9.17, 15) is 20.0 Å². The molecule has 4 N–H and O–H groups in total. The van der Waals surface area contributed by atoms with E-state index in [2.05, 4.69) is 90.4 Å². The number of aliphatic hydroxyl groups is 1. The van der Waals surface area contributed by atoms with E-state index in [1.165, 1.54) is 18.5 Å². The van der Waals surface area contributed by atoms with Crippen LogP contribution in [0.2, 0.25) is 0 Å². The Balaban J connectivity index is 0.853. The lowest BCUT2D eigenvalue weighted by Gasteiger charge is -2.63. The van der Waals surface area contributed by atoms with Crippen molar-refractivity contribution in [2.45, 2.75) is 144 Å². The maximum atomic E-state index is 14.3. The summed E-state index contributed by atoms with van der Waals surface area (Å²) in [7, 11) is 1.83. The van der Waals surface area contributed by atoms with E-state index < -0.39 is 5.60 Å². The zero-order valence-electron chi connectivity index (χ0n) is 44.1. The second-order valence-corrected chi connectivity index (χ2v) is 23.2. The number of unbranched alkanes of at least 4 members (excludes halogenated alkanes) is 1. The number of nitrogens with one attached hydrogen (secondary N) is 3. The van der Waals surface area contributed by atoms with Crippen molar-refractivity contribution in [3.8, 4) is 17.6 Å². The lowest BCUT2D eigenvalue weighted by Crippen LogP contribution is -2.75. The van der Waals surface area contributed by atoms with Gasteiger partial charge in [0.2, 0.25) is 11.8 Å². The van der Waals surface area contributed by atoms with E-state index >= 15 is 0 Å². The Morgan fingerprint density at radius 2 is 1.79 bits per heavy atom. The van der Waals surface area contributed by atoms with Crippen LogP contribution in [0, 0.1) is 52.8 Å². The predicted octanol–water partition coefficient (Wildman–Crippen LogP) is 7.59. The highest BCUT2D eigenvalue weighted by Crippen LogP contribution is 2.56. The molecule has 3 saturated heterocycles. The Hall–Kier alpha value is -4.45. The third-order valence-corrected chi connectivity index (χ3v) is 16.8. The van der Waals surface area contributed by atoms with Crippen LogP contribution < -0.4 is 25.4 Å². The van der Waals surface area contributed by atoms with Gasteiger partial charge in [-0.25, -0.2) is 0 Å². The zero-order valence-corrected chi connectivity index (χ0v) is 44.1. The highest BCUT2D eigenvalue weighted by atomic mass is 16.5. The minimum Gasteiger partial charge on any atom is -0.493 e.